The van der Waals surface area contributed by atoms with Crippen LogP contribution in [0.5, 0.6) is 5.75 Å². The van der Waals surface area contributed by atoms with Gasteiger partial charge in [0.05, 0.1) is 0 Å². The van der Waals surface area contributed by atoms with Crippen LogP contribution in [0.15, 0.2) is 45.3 Å². The predicted octanol–water partition coefficient (Wildman–Crippen LogP) is 3.38. The second kappa shape index (κ2) is 10.3. The van der Waals surface area contributed by atoms with E-state index in [0.29, 0.717) is 18.1 Å². The SMILES string of the molecule is CNCCCNC(=O)c1ccc(COc2cccc(Br)c2)o1.Cl. The zero-order chi connectivity index (χ0) is 15.8. The number of rotatable bonds is 8. The molecule has 0 fully saturated rings. The van der Waals surface area contributed by atoms with Crippen LogP contribution in [0.4, 0.5) is 0 Å². The van der Waals surface area contributed by atoms with Gasteiger partial charge in [-0.05, 0) is 50.3 Å². The van der Waals surface area contributed by atoms with Crippen molar-refractivity contribution in [3.63, 3.8) is 0 Å². The Hall–Kier alpha value is -1.50. The van der Waals surface area contributed by atoms with Crippen LogP contribution >= 0.6 is 28.3 Å². The van der Waals surface area contributed by atoms with Crippen LogP contribution in [0.25, 0.3) is 0 Å². The van der Waals surface area contributed by atoms with Crippen molar-refractivity contribution >= 4 is 34.2 Å². The first-order chi connectivity index (χ1) is 10.7. The van der Waals surface area contributed by atoms with Gasteiger partial charge >= 0.3 is 0 Å². The molecule has 0 aliphatic rings. The van der Waals surface area contributed by atoms with Gasteiger partial charge in [-0.1, -0.05) is 22.0 Å². The zero-order valence-corrected chi connectivity index (χ0v) is 15.2. The number of nitrogens with one attached hydrogen (secondary N) is 2. The summed E-state index contributed by atoms with van der Waals surface area (Å²) in [5.74, 6) is 1.45. The van der Waals surface area contributed by atoms with Gasteiger partial charge in [0, 0.05) is 11.0 Å². The van der Waals surface area contributed by atoms with E-state index in [0.717, 1.165) is 23.2 Å². The largest absolute Gasteiger partial charge is 0.486 e. The molecule has 1 aromatic heterocycles. The maximum Gasteiger partial charge on any atom is 0.286 e. The highest BCUT2D eigenvalue weighted by atomic mass is 79.9. The van der Waals surface area contributed by atoms with E-state index in [1.165, 1.54) is 0 Å². The Labute approximate surface area is 150 Å². The van der Waals surface area contributed by atoms with Gasteiger partial charge in [-0.3, -0.25) is 4.79 Å². The van der Waals surface area contributed by atoms with Crippen LogP contribution in [0.3, 0.4) is 0 Å². The summed E-state index contributed by atoms with van der Waals surface area (Å²) < 4.78 is 12.1. The lowest BCUT2D eigenvalue weighted by Gasteiger charge is -2.04. The molecule has 2 N–H and O–H groups in total. The standard InChI is InChI=1S/C16H19BrN2O3.ClH/c1-18-8-3-9-19-16(20)15-7-6-14(22-15)11-21-13-5-2-4-12(17)10-13;/h2,4-7,10,18H,3,8-9,11H2,1H3,(H,19,20);1H. The first kappa shape index (κ1) is 19.5. The minimum Gasteiger partial charge on any atom is -0.486 e. The van der Waals surface area contributed by atoms with Gasteiger partial charge in [0.1, 0.15) is 18.1 Å². The number of ether oxygens (including phenoxy) is 1. The second-order valence-corrected chi connectivity index (χ2v) is 5.64. The first-order valence-corrected chi connectivity index (χ1v) is 7.88. The molecule has 7 heteroatoms. The van der Waals surface area contributed by atoms with E-state index in [4.69, 9.17) is 9.15 Å². The van der Waals surface area contributed by atoms with Crippen molar-refractivity contribution in [3.8, 4) is 5.75 Å². The third kappa shape index (κ3) is 6.64. The number of halogens is 2. The molecule has 0 aliphatic heterocycles. The lowest BCUT2D eigenvalue weighted by molar-refractivity contribution is 0.0921. The number of benzene rings is 1. The molecular formula is C16H20BrClN2O3. The van der Waals surface area contributed by atoms with Crippen molar-refractivity contribution < 1.29 is 13.9 Å². The Balaban J connectivity index is 0.00000264. The zero-order valence-electron chi connectivity index (χ0n) is 12.8. The minimum absolute atomic E-state index is 0. The molecule has 23 heavy (non-hydrogen) atoms. The quantitative estimate of drug-likeness (QED) is 0.663. The molecule has 2 aromatic rings. The van der Waals surface area contributed by atoms with Crippen LogP contribution in [-0.4, -0.2) is 26.0 Å². The predicted molar refractivity (Wildman–Crippen MR) is 95.3 cm³/mol. The highest BCUT2D eigenvalue weighted by Gasteiger charge is 2.10. The summed E-state index contributed by atoms with van der Waals surface area (Å²) in [5.41, 5.74) is 0. The lowest BCUT2D eigenvalue weighted by atomic mass is 10.3. The third-order valence-corrected chi connectivity index (χ3v) is 3.44. The Kier molecular flexibility index (Phi) is 8.76. The van der Waals surface area contributed by atoms with Crippen molar-refractivity contribution in [2.75, 3.05) is 20.1 Å². The van der Waals surface area contributed by atoms with E-state index in [1.807, 2.05) is 31.3 Å². The van der Waals surface area contributed by atoms with Gasteiger partial charge in [0.15, 0.2) is 5.76 Å². The third-order valence-electron chi connectivity index (χ3n) is 2.95. The Bertz CT molecular complexity index is 619. The monoisotopic (exact) mass is 402 g/mol. The molecule has 0 saturated carbocycles. The maximum absolute atomic E-state index is 11.9. The van der Waals surface area contributed by atoms with E-state index < -0.39 is 0 Å². The molecule has 0 saturated heterocycles. The van der Waals surface area contributed by atoms with Crippen LogP contribution in [0, 0.1) is 0 Å². The molecule has 0 aliphatic carbocycles. The van der Waals surface area contributed by atoms with Gasteiger partial charge in [-0.2, -0.15) is 0 Å². The van der Waals surface area contributed by atoms with E-state index in [1.54, 1.807) is 12.1 Å². The van der Waals surface area contributed by atoms with Gasteiger partial charge in [-0.15, -0.1) is 12.4 Å². The number of hydrogen-bond acceptors (Lipinski definition) is 4. The summed E-state index contributed by atoms with van der Waals surface area (Å²) in [7, 11) is 1.88. The number of hydrogen-bond donors (Lipinski definition) is 2. The molecule has 0 unspecified atom stereocenters. The normalized spacial score (nSPS) is 10.0. The average molecular weight is 404 g/mol. The van der Waals surface area contributed by atoms with Crippen molar-refractivity contribution in [2.45, 2.75) is 13.0 Å². The fourth-order valence-corrected chi connectivity index (χ4v) is 2.22. The molecule has 0 bridgehead atoms. The Morgan fingerprint density at radius 1 is 1.26 bits per heavy atom. The fourth-order valence-electron chi connectivity index (χ4n) is 1.84. The van der Waals surface area contributed by atoms with Crippen molar-refractivity contribution in [2.24, 2.45) is 0 Å². The van der Waals surface area contributed by atoms with Crippen molar-refractivity contribution in [1.82, 2.24) is 10.6 Å². The summed E-state index contributed by atoms with van der Waals surface area (Å²) >= 11 is 3.39. The molecule has 5 nitrogen and oxygen atoms in total. The van der Waals surface area contributed by atoms with Crippen LogP contribution in [-0.2, 0) is 6.61 Å². The number of amides is 1. The Morgan fingerprint density at radius 3 is 2.83 bits per heavy atom. The van der Waals surface area contributed by atoms with E-state index in [-0.39, 0.29) is 24.9 Å². The van der Waals surface area contributed by atoms with E-state index in [2.05, 4.69) is 26.6 Å². The summed E-state index contributed by atoms with van der Waals surface area (Å²) in [5, 5.41) is 5.84. The lowest BCUT2D eigenvalue weighted by Crippen LogP contribution is -2.26. The molecule has 1 amide bonds. The fraction of sp³-hybridized carbons (Fsp3) is 0.312. The molecule has 1 heterocycles. The van der Waals surface area contributed by atoms with Crippen molar-refractivity contribution in [1.29, 1.82) is 0 Å². The minimum atomic E-state index is -0.204. The molecule has 126 valence electrons. The number of furan rings is 1. The molecule has 0 atom stereocenters. The van der Waals surface area contributed by atoms with Gasteiger partial charge in [-0.25, -0.2) is 0 Å². The van der Waals surface area contributed by atoms with Gasteiger partial charge < -0.3 is 19.8 Å². The van der Waals surface area contributed by atoms with Crippen LogP contribution < -0.4 is 15.4 Å². The Morgan fingerprint density at radius 2 is 2.09 bits per heavy atom. The smallest absolute Gasteiger partial charge is 0.286 e. The van der Waals surface area contributed by atoms with Crippen LogP contribution in [0.2, 0.25) is 0 Å². The summed E-state index contributed by atoms with van der Waals surface area (Å²) in [6, 6.07) is 11.0. The molecule has 1 aromatic carbocycles. The van der Waals surface area contributed by atoms with Gasteiger partial charge in [0.25, 0.3) is 5.91 Å². The topological polar surface area (TPSA) is 63.5 Å². The molecule has 0 radical (unpaired) electrons. The summed E-state index contributed by atoms with van der Waals surface area (Å²) in [4.78, 5) is 11.9. The number of carbonyl (C=O) groups excluding carboxylic acids is 1. The summed E-state index contributed by atoms with van der Waals surface area (Å²) in [6.45, 7) is 1.76. The van der Waals surface area contributed by atoms with Crippen LogP contribution in [0.1, 0.15) is 22.7 Å². The highest BCUT2D eigenvalue weighted by Crippen LogP contribution is 2.19. The van der Waals surface area contributed by atoms with Crippen molar-refractivity contribution in [3.05, 3.63) is 52.4 Å². The summed E-state index contributed by atoms with van der Waals surface area (Å²) in [6.07, 6.45) is 0.877. The second-order valence-electron chi connectivity index (χ2n) is 4.73. The number of carbonyl (C=O) groups is 1. The van der Waals surface area contributed by atoms with E-state index in [9.17, 15) is 4.79 Å². The van der Waals surface area contributed by atoms with Gasteiger partial charge in [0.2, 0.25) is 0 Å². The first-order valence-electron chi connectivity index (χ1n) is 7.09. The molecular weight excluding hydrogens is 384 g/mol. The van der Waals surface area contributed by atoms with E-state index >= 15 is 0 Å². The average Bonchev–Trinajstić information content (AvgIpc) is 2.98. The molecule has 0 spiro atoms. The molecule has 2 rings (SSSR count). The highest BCUT2D eigenvalue weighted by molar-refractivity contribution is 9.10. The maximum atomic E-state index is 11.9.